The van der Waals surface area contributed by atoms with E-state index in [0.717, 1.165) is 24.3 Å². The summed E-state index contributed by atoms with van der Waals surface area (Å²) in [5.74, 6) is -0.245. The van der Waals surface area contributed by atoms with E-state index in [4.69, 9.17) is 37.4 Å². The Labute approximate surface area is 198 Å². The van der Waals surface area contributed by atoms with Crippen molar-refractivity contribution in [1.29, 1.82) is 0 Å². The number of ether oxygens (including phenoxy) is 3. The van der Waals surface area contributed by atoms with E-state index < -0.39 is 5.79 Å². The molecule has 1 aliphatic rings. The zero-order chi connectivity index (χ0) is 22.6. The molecule has 3 aromatic rings. The van der Waals surface area contributed by atoms with Gasteiger partial charge in [-0.3, -0.25) is 0 Å². The van der Waals surface area contributed by atoms with E-state index in [1.807, 2.05) is 29.0 Å². The maximum absolute atomic E-state index is 6.52. The third-order valence-corrected chi connectivity index (χ3v) is 5.91. The van der Waals surface area contributed by atoms with Crippen LogP contribution in [-0.2, 0) is 28.2 Å². The summed E-state index contributed by atoms with van der Waals surface area (Å²) in [6, 6.07) is 13.5. The topological polar surface area (TPSA) is 48.8 Å². The molecule has 1 fully saturated rings. The van der Waals surface area contributed by atoms with Gasteiger partial charge in [0, 0.05) is 29.5 Å². The Morgan fingerprint density at radius 3 is 2.69 bits per heavy atom. The van der Waals surface area contributed by atoms with Crippen LogP contribution in [0.15, 0.2) is 61.2 Å². The Morgan fingerprint density at radius 1 is 1.19 bits per heavy atom. The Hall–Kier alpha value is -2.09. The van der Waals surface area contributed by atoms with Crippen molar-refractivity contribution < 1.29 is 14.2 Å². The number of halogens is 2. The highest BCUT2D eigenvalue weighted by atomic mass is 35.5. The van der Waals surface area contributed by atoms with Crippen molar-refractivity contribution in [2.24, 2.45) is 0 Å². The molecular weight excluding hydrogens is 449 g/mol. The number of imidazole rings is 1. The number of rotatable bonds is 9. The van der Waals surface area contributed by atoms with E-state index in [-0.39, 0.29) is 6.10 Å². The molecule has 0 radical (unpaired) electrons. The molecule has 1 aromatic heterocycles. The van der Waals surface area contributed by atoms with Crippen LogP contribution in [0.1, 0.15) is 11.1 Å². The van der Waals surface area contributed by atoms with Gasteiger partial charge in [-0.2, -0.15) is 0 Å². The molecule has 2 aromatic carbocycles. The van der Waals surface area contributed by atoms with Crippen molar-refractivity contribution in [2.45, 2.75) is 24.9 Å². The second-order valence-corrected chi connectivity index (χ2v) is 9.01. The molecule has 0 saturated carbocycles. The Balaban J connectivity index is 1.43. The zero-order valence-electron chi connectivity index (χ0n) is 18.2. The van der Waals surface area contributed by atoms with E-state index in [1.54, 1.807) is 24.7 Å². The molecule has 0 amide bonds. The lowest BCUT2D eigenvalue weighted by Gasteiger charge is -2.30. The molecule has 1 saturated heterocycles. The number of likely N-dealkylation sites (N-methyl/N-ethyl adjacent to an activating group) is 1. The van der Waals surface area contributed by atoms with Gasteiger partial charge in [0.25, 0.3) is 0 Å². The van der Waals surface area contributed by atoms with Gasteiger partial charge in [-0.25, -0.2) is 4.98 Å². The molecular formula is C24H27Cl2N3O3. The minimum atomic E-state index is -1.05. The summed E-state index contributed by atoms with van der Waals surface area (Å²) < 4.78 is 20.5. The van der Waals surface area contributed by atoms with Crippen molar-refractivity contribution >= 4 is 23.2 Å². The van der Waals surface area contributed by atoms with Crippen molar-refractivity contribution in [2.75, 3.05) is 33.9 Å². The van der Waals surface area contributed by atoms with Gasteiger partial charge in [0.1, 0.15) is 18.5 Å². The fourth-order valence-electron chi connectivity index (χ4n) is 3.67. The smallest absolute Gasteiger partial charge is 0.215 e. The van der Waals surface area contributed by atoms with Gasteiger partial charge in [0.2, 0.25) is 5.79 Å². The number of hydrogen-bond acceptors (Lipinski definition) is 5. The first kappa shape index (κ1) is 23.1. The van der Waals surface area contributed by atoms with Crippen LogP contribution in [0, 0.1) is 0 Å². The summed E-state index contributed by atoms with van der Waals surface area (Å²) in [5, 5.41) is 1.05. The van der Waals surface area contributed by atoms with Crippen LogP contribution >= 0.6 is 23.2 Å². The molecule has 0 spiro atoms. The van der Waals surface area contributed by atoms with Crippen molar-refractivity contribution in [1.82, 2.24) is 14.5 Å². The fraction of sp³-hybridized carbons (Fsp3) is 0.375. The summed E-state index contributed by atoms with van der Waals surface area (Å²) >= 11 is 12.6. The molecule has 0 aliphatic carbocycles. The van der Waals surface area contributed by atoms with E-state index in [2.05, 4.69) is 36.1 Å². The van der Waals surface area contributed by atoms with Crippen LogP contribution in [0.4, 0.5) is 0 Å². The first-order valence-corrected chi connectivity index (χ1v) is 11.3. The number of benzene rings is 2. The van der Waals surface area contributed by atoms with E-state index in [9.17, 15) is 0 Å². The first-order chi connectivity index (χ1) is 15.4. The van der Waals surface area contributed by atoms with Crippen LogP contribution in [0.25, 0.3) is 0 Å². The molecule has 0 N–H and O–H groups in total. The van der Waals surface area contributed by atoms with Gasteiger partial charge in [-0.05, 0) is 50.3 Å². The predicted octanol–water partition coefficient (Wildman–Crippen LogP) is 4.64. The monoisotopic (exact) mass is 475 g/mol. The highest BCUT2D eigenvalue weighted by Gasteiger charge is 2.45. The van der Waals surface area contributed by atoms with Crippen molar-refractivity contribution in [3.05, 3.63) is 82.4 Å². The van der Waals surface area contributed by atoms with Gasteiger partial charge >= 0.3 is 0 Å². The van der Waals surface area contributed by atoms with Gasteiger partial charge in [-0.1, -0.05) is 41.4 Å². The summed E-state index contributed by atoms with van der Waals surface area (Å²) in [6.07, 6.45) is 6.05. The van der Waals surface area contributed by atoms with Gasteiger partial charge in [-0.15, -0.1) is 0 Å². The van der Waals surface area contributed by atoms with Gasteiger partial charge < -0.3 is 23.7 Å². The normalized spacial score (nSPS) is 20.7. The highest BCUT2D eigenvalue weighted by Crippen LogP contribution is 2.40. The highest BCUT2D eigenvalue weighted by molar-refractivity contribution is 6.35. The largest absolute Gasteiger partial charge is 0.491 e. The minimum Gasteiger partial charge on any atom is -0.491 e. The Kier molecular flexibility index (Phi) is 7.38. The summed E-state index contributed by atoms with van der Waals surface area (Å²) in [6.45, 7) is 2.17. The van der Waals surface area contributed by atoms with Crippen molar-refractivity contribution in [3.63, 3.8) is 0 Å². The predicted molar refractivity (Wildman–Crippen MR) is 125 cm³/mol. The molecule has 0 unspecified atom stereocenters. The molecule has 6 nitrogen and oxygen atoms in total. The van der Waals surface area contributed by atoms with E-state index in [1.165, 1.54) is 5.56 Å². The van der Waals surface area contributed by atoms with Crippen molar-refractivity contribution in [3.8, 4) is 5.75 Å². The SMILES string of the molecule is CN(C)CCc1ccc(OC[C@@H]2CO[C@@](Cn3ccnc3)(c3ccc(Cl)cc3Cl)O2)cc1. The Morgan fingerprint density at radius 2 is 2.00 bits per heavy atom. The lowest BCUT2D eigenvalue weighted by molar-refractivity contribution is -0.189. The number of hydrogen-bond donors (Lipinski definition) is 0. The molecule has 1 aliphatic heterocycles. The molecule has 4 rings (SSSR count). The molecule has 0 bridgehead atoms. The number of aromatic nitrogens is 2. The Bertz CT molecular complexity index is 1010. The average molecular weight is 476 g/mol. The standard InChI is InChI=1S/C24H27Cl2N3O3/c1-28(2)11-9-18-3-6-20(7-4-18)30-14-21-15-31-24(32-21,16-29-12-10-27-17-29)22-8-5-19(25)13-23(22)26/h3-8,10,12-13,17,21H,9,11,14-16H2,1-2H3/t21-,24-/m1/s1. The van der Waals surface area contributed by atoms with E-state index >= 15 is 0 Å². The minimum absolute atomic E-state index is 0.251. The van der Waals surface area contributed by atoms with Gasteiger partial charge in [0.15, 0.2) is 0 Å². The second-order valence-electron chi connectivity index (χ2n) is 8.17. The second kappa shape index (κ2) is 10.2. The summed E-state index contributed by atoms with van der Waals surface area (Å²) in [4.78, 5) is 6.29. The van der Waals surface area contributed by atoms with Crippen LogP contribution in [0.3, 0.4) is 0 Å². The maximum atomic E-state index is 6.52. The van der Waals surface area contributed by atoms with Crippen LogP contribution < -0.4 is 4.74 Å². The third-order valence-electron chi connectivity index (χ3n) is 5.36. The molecule has 8 heteroatoms. The zero-order valence-corrected chi connectivity index (χ0v) is 19.7. The average Bonchev–Trinajstić information content (AvgIpc) is 3.42. The summed E-state index contributed by atoms with van der Waals surface area (Å²) in [5.41, 5.74) is 2.01. The maximum Gasteiger partial charge on any atom is 0.215 e. The van der Waals surface area contributed by atoms with Crippen LogP contribution in [0.2, 0.25) is 10.0 Å². The van der Waals surface area contributed by atoms with E-state index in [0.29, 0.717) is 29.8 Å². The lowest BCUT2D eigenvalue weighted by Crippen LogP contribution is -2.34. The van der Waals surface area contributed by atoms with Gasteiger partial charge in [0.05, 0.1) is 24.5 Å². The molecule has 170 valence electrons. The molecule has 32 heavy (non-hydrogen) atoms. The summed E-state index contributed by atoms with van der Waals surface area (Å²) in [7, 11) is 4.15. The van der Waals surface area contributed by atoms with Crippen LogP contribution in [0.5, 0.6) is 5.75 Å². The first-order valence-electron chi connectivity index (χ1n) is 10.5. The van der Waals surface area contributed by atoms with Crippen LogP contribution in [-0.4, -0.2) is 54.4 Å². The third kappa shape index (κ3) is 5.63. The number of nitrogens with zero attached hydrogens (tertiary/aromatic N) is 3. The quantitative estimate of drug-likeness (QED) is 0.451. The lowest BCUT2D eigenvalue weighted by atomic mass is 10.1. The molecule has 2 heterocycles. The molecule has 2 atom stereocenters. The fourth-order valence-corrected chi connectivity index (χ4v) is 4.22.